The molecule has 0 aromatic carbocycles. The van der Waals surface area contributed by atoms with Crippen molar-refractivity contribution in [3.8, 4) is 5.75 Å². The van der Waals surface area contributed by atoms with Gasteiger partial charge in [-0.3, -0.25) is 9.67 Å². The van der Waals surface area contributed by atoms with E-state index in [0.29, 0.717) is 17.1 Å². The first-order valence-electron chi connectivity index (χ1n) is 5.31. The third-order valence-electron chi connectivity index (χ3n) is 2.60. The number of aromatic nitrogens is 3. The molecule has 0 saturated carbocycles. The van der Waals surface area contributed by atoms with Gasteiger partial charge < -0.3 is 9.84 Å². The van der Waals surface area contributed by atoms with E-state index in [1.165, 1.54) is 0 Å². The molecule has 2 rings (SSSR count). The average Bonchev–Trinajstić information content (AvgIpc) is 2.67. The molecule has 0 fully saturated rings. The Morgan fingerprint density at radius 3 is 2.82 bits per heavy atom. The number of methoxy groups -OCH3 is 1. The first-order valence-corrected chi connectivity index (χ1v) is 5.31. The van der Waals surface area contributed by atoms with Crippen molar-refractivity contribution in [1.29, 1.82) is 0 Å². The van der Waals surface area contributed by atoms with E-state index in [9.17, 15) is 5.11 Å². The van der Waals surface area contributed by atoms with Crippen molar-refractivity contribution >= 4 is 0 Å². The van der Waals surface area contributed by atoms with Gasteiger partial charge in [-0.15, -0.1) is 0 Å². The highest BCUT2D eigenvalue weighted by molar-refractivity contribution is 5.33. The van der Waals surface area contributed by atoms with Crippen LogP contribution in [0.15, 0.2) is 24.4 Å². The van der Waals surface area contributed by atoms with E-state index in [-0.39, 0.29) is 0 Å². The van der Waals surface area contributed by atoms with Gasteiger partial charge in [0, 0.05) is 13.2 Å². The second kappa shape index (κ2) is 4.55. The summed E-state index contributed by atoms with van der Waals surface area (Å²) in [6.45, 7) is 1.88. The molecule has 2 heterocycles. The van der Waals surface area contributed by atoms with Gasteiger partial charge in [0.05, 0.1) is 18.5 Å². The molecule has 2 aromatic heterocycles. The standard InChI is InChI=1S/C12H15N3O2/c1-8-7-9(15(2)14-8)12(16)11-10(17-3)5-4-6-13-11/h4-7,12,16H,1-3H3. The molecule has 17 heavy (non-hydrogen) atoms. The van der Waals surface area contributed by atoms with Crippen LogP contribution in [0.2, 0.25) is 0 Å². The molecule has 1 N–H and O–H groups in total. The molecule has 1 unspecified atom stereocenters. The summed E-state index contributed by atoms with van der Waals surface area (Å²) in [5.74, 6) is 0.568. The molecular formula is C12H15N3O2. The molecule has 90 valence electrons. The van der Waals surface area contributed by atoms with E-state index in [2.05, 4.69) is 10.1 Å². The van der Waals surface area contributed by atoms with Crippen LogP contribution in [0, 0.1) is 6.92 Å². The lowest BCUT2D eigenvalue weighted by Crippen LogP contribution is -2.09. The fourth-order valence-corrected chi connectivity index (χ4v) is 1.81. The summed E-state index contributed by atoms with van der Waals surface area (Å²) in [6, 6.07) is 5.37. The van der Waals surface area contributed by atoms with Gasteiger partial charge in [-0.1, -0.05) is 0 Å². The first kappa shape index (κ1) is 11.6. The number of aliphatic hydroxyl groups is 1. The molecule has 0 bridgehead atoms. The molecule has 0 saturated heterocycles. The zero-order valence-corrected chi connectivity index (χ0v) is 10.1. The smallest absolute Gasteiger partial charge is 0.143 e. The Bertz CT molecular complexity index is 522. The van der Waals surface area contributed by atoms with Crippen molar-refractivity contribution < 1.29 is 9.84 Å². The molecule has 0 spiro atoms. The maximum Gasteiger partial charge on any atom is 0.143 e. The lowest BCUT2D eigenvalue weighted by atomic mass is 10.1. The van der Waals surface area contributed by atoms with Crippen molar-refractivity contribution in [2.24, 2.45) is 7.05 Å². The zero-order chi connectivity index (χ0) is 12.4. The topological polar surface area (TPSA) is 60.2 Å². The Labute approximate surface area is 99.7 Å². The van der Waals surface area contributed by atoms with Crippen LogP contribution in [0.1, 0.15) is 23.2 Å². The van der Waals surface area contributed by atoms with Gasteiger partial charge in [0.15, 0.2) is 0 Å². The van der Waals surface area contributed by atoms with Crippen molar-refractivity contribution in [1.82, 2.24) is 14.8 Å². The molecule has 1 atom stereocenters. The minimum absolute atomic E-state index is 0.498. The monoisotopic (exact) mass is 233 g/mol. The maximum absolute atomic E-state index is 10.3. The third-order valence-corrected chi connectivity index (χ3v) is 2.60. The summed E-state index contributed by atoms with van der Waals surface area (Å²) in [7, 11) is 3.35. The van der Waals surface area contributed by atoms with Gasteiger partial charge in [0.25, 0.3) is 0 Å². The van der Waals surface area contributed by atoms with Crippen molar-refractivity contribution in [2.45, 2.75) is 13.0 Å². The van der Waals surface area contributed by atoms with Crippen molar-refractivity contribution in [3.63, 3.8) is 0 Å². The molecule has 0 aliphatic carbocycles. The highest BCUT2D eigenvalue weighted by Crippen LogP contribution is 2.27. The van der Waals surface area contributed by atoms with E-state index in [0.717, 1.165) is 5.69 Å². The Morgan fingerprint density at radius 1 is 1.47 bits per heavy atom. The number of ether oxygens (including phenoxy) is 1. The van der Waals surface area contributed by atoms with Crippen LogP contribution in [0.3, 0.4) is 0 Å². The van der Waals surface area contributed by atoms with Crippen LogP contribution in [0.4, 0.5) is 0 Å². The predicted molar refractivity (Wildman–Crippen MR) is 62.8 cm³/mol. The van der Waals surface area contributed by atoms with Crippen LogP contribution in [-0.4, -0.2) is 27.0 Å². The molecule has 0 aliphatic rings. The van der Waals surface area contributed by atoms with Gasteiger partial charge in [-0.25, -0.2) is 0 Å². The summed E-state index contributed by atoms with van der Waals surface area (Å²) < 4.78 is 6.83. The molecule has 0 radical (unpaired) electrons. The van der Waals surface area contributed by atoms with Gasteiger partial charge in [-0.05, 0) is 25.1 Å². The highest BCUT2D eigenvalue weighted by Gasteiger charge is 2.20. The lowest BCUT2D eigenvalue weighted by Gasteiger charge is -2.13. The quantitative estimate of drug-likeness (QED) is 0.865. The second-order valence-corrected chi connectivity index (χ2v) is 3.83. The van der Waals surface area contributed by atoms with E-state index in [1.54, 1.807) is 37.2 Å². The highest BCUT2D eigenvalue weighted by atomic mass is 16.5. The first-order chi connectivity index (χ1) is 8.13. The van der Waals surface area contributed by atoms with Gasteiger partial charge in [0.1, 0.15) is 17.5 Å². The third kappa shape index (κ3) is 2.14. The SMILES string of the molecule is COc1cccnc1C(O)c1cc(C)nn1C. The van der Waals surface area contributed by atoms with E-state index >= 15 is 0 Å². The van der Waals surface area contributed by atoms with Gasteiger partial charge in [0.2, 0.25) is 0 Å². The zero-order valence-electron chi connectivity index (χ0n) is 10.1. The number of aliphatic hydroxyl groups excluding tert-OH is 1. The number of aryl methyl sites for hydroxylation is 2. The summed E-state index contributed by atoms with van der Waals surface area (Å²) >= 11 is 0. The Balaban J connectivity index is 2.43. The fraction of sp³-hybridized carbons (Fsp3) is 0.333. The van der Waals surface area contributed by atoms with Gasteiger partial charge >= 0.3 is 0 Å². The van der Waals surface area contributed by atoms with Crippen LogP contribution in [0.25, 0.3) is 0 Å². The number of hydrogen-bond donors (Lipinski definition) is 1. The number of pyridine rings is 1. The Kier molecular flexibility index (Phi) is 3.10. The number of hydrogen-bond acceptors (Lipinski definition) is 4. The van der Waals surface area contributed by atoms with Crippen LogP contribution in [-0.2, 0) is 7.05 Å². The molecule has 5 heteroatoms. The van der Waals surface area contributed by atoms with Crippen LogP contribution >= 0.6 is 0 Å². The van der Waals surface area contributed by atoms with Crippen molar-refractivity contribution in [2.75, 3.05) is 7.11 Å². The number of rotatable bonds is 3. The number of nitrogens with zero attached hydrogens (tertiary/aromatic N) is 3. The Morgan fingerprint density at radius 2 is 2.24 bits per heavy atom. The van der Waals surface area contributed by atoms with Crippen molar-refractivity contribution in [3.05, 3.63) is 41.5 Å². The molecule has 2 aromatic rings. The largest absolute Gasteiger partial charge is 0.495 e. The summed E-state index contributed by atoms with van der Waals surface area (Å²) in [5, 5.41) is 14.5. The van der Waals surface area contributed by atoms with Crippen LogP contribution in [0.5, 0.6) is 5.75 Å². The maximum atomic E-state index is 10.3. The summed E-state index contributed by atoms with van der Waals surface area (Å²) in [4.78, 5) is 4.16. The predicted octanol–water partition coefficient (Wildman–Crippen LogP) is 1.21. The lowest BCUT2D eigenvalue weighted by molar-refractivity contribution is 0.199. The summed E-state index contributed by atoms with van der Waals surface area (Å²) in [5.41, 5.74) is 2.05. The average molecular weight is 233 g/mol. The van der Waals surface area contributed by atoms with Gasteiger partial charge in [-0.2, -0.15) is 5.10 Å². The summed E-state index contributed by atoms with van der Waals surface area (Å²) in [6.07, 6.45) is 0.793. The molecule has 0 amide bonds. The fourth-order valence-electron chi connectivity index (χ4n) is 1.81. The molecule has 0 aliphatic heterocycles. The Hall–Kier alpha value is -1.88. The van der Waals surface area contributed by atoms with E-state index in [4.69, 9.17) is 4.74 Å². The second-order valence-electron chi connectivity index (χ2n) is 3.83. The minimum Gasteiger partial charge on any atom is -0.495 e. The molecular weight excluding hydrogens is 218 g/mol. The minimum atomic E-state index is -0.836. The van der Waals surface area contributed by atoms with E-state index < -0.39 is 6.10 Å². The van der Waals surface area contributed by atoms with Crippen LogP contribution < -0.4 is 4.74 Å². The molecule has 5 nitrogen and oxygen atoms in total. The van der Waals surface area contributed by atoms with E-state index in [1.807, 2.05) is 13.0 Å². The normalized spacial score (nSPS) is 12.5.